The van der Waals surface area contributed by atoms with Gasteiger partial charge in [0.2, 0.25) is 11.9 Å². The molecule has 11 heteroatoms. The number of hydrogen-bond acceptors (Lipinski definition) is 8. The van der Waals surface area contributed by atoms with Crippen molar-refractivity contribution in [1.82, 2.24) is 15.0 Å². The summed E-state index contributed by atoms with van der Waals surface area (Å²) < 4.78 is 0. The second-order valence-electron chi connectivity index (χ2n) is 4.74. The van der Waals surface area contributed by atoms with E-state index in [0.717, 1.165) is 0 Å². The van der Waals surface area contributed by atoms with Crippen LogP contribution in [0.25, 0.3) is 0 Å². The van der Waals surface area contributed by atoms with Gasteiger partial charge in [-0.05, 0) is 18.2 Å². The summed E-state index contributed by atoms with van der Waals surface area (Å²) in [7, 11) is 1.56. The molecule has 2 rings (SSSR count). The van der Waals surface area contributed by atoms with E-state index in [9.17, 15) is 4.79 Å². The molecule has 0 aliphatic carbocycles. The molecule has 0 fully saturated rings. The highest BCUT2D eigenvalue weighted by molar-refractivity contribution is 6.34. The van der Waals surface area contributed by atoms with E-state index in [1.54, 1.807) is 13.1 Å². The number of amidine groups is 1. The van der Waals surface area contributed by atoms with Crippen LogP contribution >= 0.6 is 11.6 Å². The lowest BCUT2D eigenvalue weighted by Crippen LogP contribution is -2.35. The third kappa shape index (κ3) is 3.62. The molecule has 0 saturated heterocycles. The lowest BCUT2D eigenvalue weighted by atomic mass is 10.2. The van der Waals surface area contributed by atoms with E-state index in [-0.39, 0.29) is 28.2 Å². The van der Waals surface area contributed by atoms with Crippen LogP contribution in [0.2, 0.25) is 5.02 Å². The number of nitrogens with one attached hydrogen (secondary N) is 1. The maximum Gasteiger partial charge on any atom is 0.250 e. The van der Waals surface area contributed by atoms with Gasteiger partial charge >= 0.3 is 0 Å². The number of amides is 1. The van der Waals surface area contributed by atoms with Gasteiger partial charge < -0.3 is 22.6 Å². The van der Waals surface area contributed by atoms with Crippen LogP contribution in [0.4, 0.5) is 17.5 Å². The molecule has 0 unspecified atom stereocenters. The number of nitrogens with zero attached hydrogens (tertiary/aromatic N) is 4. The van der Waals surface area contributed by atoms with Crippen LogP contribution < -0.4 is 28.5 Å². The molecule has 0 atom stereocenters. The van der Waals surface area contributed by atoms with E-state index in [1.807, 2.05) is 0 Å². The van der Waals surface area contributed by atoms with Crippen molar-refractivity contribution >= 4 is 40.8 Å². The Morgan fingerprint density at radius 1 is 1.38 bits per heavy atom. The molecule has 2 aromatic rings. The second-order valence-corrected chi connectivity index (χ2v) is 5.15. The standard InChI is InChI=1S/C13H16ClN9O/c1-23(18)12(22-17)8-5-19-13(21-10(8)15)20-6-2-3-7(11(16)24)9(14)4-6/h2-5H,17-18H2,1H3,(H2,16,24)(H3,15,19,20,21)/b22-12-. The number of benzene rings is 1. The van der Waals surface area contributed by atoms with E-state index < -0.39 is 5.91 Å². The van der Waals surface area contributed by atoms with Crippen molar-refractivity contribution < 1.29 is 4.79 Å². The molecule has 1 aromatic carbocycles. The van der Waals surface area contributed by atoms with Gasteiger partial charge in [-0.3, -0.25) is 9.80 Å². The Morgan fingerprint density at radius 2 is 2.08 bits per heavy atom. The van der Waals surface area contributed by atoms with Crippen molar-refractivity contribution in [3.05, 3.63) is 40.5 Å². The average molecular weight is 350 g/mol. The van der Waals surface area contributed by atoms with Crippen molar-refractivity contribution in [1.29, 1.82) is 0 Å². The number of carbonyl (C=O) groups is 1. The molecule has 10 nitrogen and oxygen atoms in total. The van der Waals surface area contributed by atoms with Gasteiger partial charge in [0.1, 0.15) is 5.82 Å². The molecule has 0 spiro atoms. The number of hydrogen-bond donors (Lipinski definition) is 5. The lowest BCUT2D eigenvalue weighted by molar-refractivity contribution is 0.100. The minimum atomic E-state index is -0.615. The van der Waals surface area contributed by atoms with E-state index >= 15 is 0 Å². The Labute approximate surface area is 142 Å². The highest BCUT2D eigenvalue weighted by Crippen LogP contribution is 2.23. The Hall–Kier alpha value is -3.11. The topological polar surface area (TPSA) is 175 Å². The zero-order chi connectivity index (χ0) is 17.9. The fourth-order valence-electron chi connectivity index (χ4n) is 1.90. The predicted molar refractivity (Wildman–Crippen MR) is 92.4 cm³/mol. The quantitative estimate of drug-likeness (QED) is 0.221. The Balaban J connectivity index is 2.27. The van der Waals surface area contributed by atoms with Crippen LogP contribution in [-0.2, 0) is 0 Å². The van der Waals surface area contributed by atoms with Crippen molar-refractivity contribution in [3.8, 4) is 0 Å². The largest absolute Gasteiger partial charge is 0.383 e. The molecule has 0 aliphatic rings. The first-order chi connectivity index (χ1) is 11.3. The number of rotatable bonds is 4. The van der Waals surface area contributed by atoms with Gasteiger partial charge in [-0.15, -0.1) is 0 Å². The summed E-state index contributed by atoms with van der Waals surface area (Å²) in [5.41, 5.74) is 12.2. The fourth-order valence-corrected chi connectivity index (χ4v) is 2.17. The number of anilines is 3. The Kier molecular flexibility index (Phi) is 5.02. The number of nitrogens with two attached hydrogens (primary N) is 4. The summed E-state index contributed by atoms with van der Waals surface area (Å²) in [5, 5.41) is 7.86. The van der Waals surface area contributed by atoms with Crippen LogP contribution in [0.15, 0.2) is 29.5 Å². The summed E-state index contributed by atoms with van der Waals surface area (Å²) in [4.78, 5) is 19.4. The van der Waals surface area contributed by atoms with E-state index in [4.69, 9.17) is 34.8 Å². The molecule has 24 heavy (non-hydrogen) atoms. The summed E-state index contributed by atoms with van der Waals surface area (Å²) in [5.74, 6) is 10.9. The Bertz CT molecular complexity index is 806. The average Bonchev–Trinajstić information content (AvgIpc) is 2.49. The summed E-state index contributed by atoms with van der Waals surface area (Å²) in [6, 6.07) is 4.63. The highest BCUT2D eigenvalue weighted by Gasteiger charge is 2.14. The molecule has 1 amide bonds. The first-order valence-electron chi connectivity index (χ1n) is 6.59. The van der Waals surface area contributed by atoms with Gasteiger partial charge in [-0.2, -0.15) is 10.1 Å². The number of nitrogen functional groups attached to an aromatic ring is 1. The molecular weight excluding hydrogens is 334 g/mol. The van der Waals surface area contributed by atoms with Crippen molar-refractivity contribution in [3.63, 3.8) is 0 Å². The molecule has 0 bridgehead atoms. The van der Waals surface area contributed by atoms with Gasteiger partial charge in [0.15, 0.2) is 5.84 Å². The number of halogens is 1. The molecule has 1 heterocycles. The highest BCUT2D eigenvalue weighted by atomic mass is 35.5. The van der Waals surface area contributed by atoms with E-state index in [1.165, 1.54) is 23.3 Å². The zero-order valence-electron chi connectivity index (χ0n) is 12.7. The predicted octanol–water partition coefficient (Wildman–Crippen LogP) is -0.0195. The van der Waals surface area contributed by atoms with Gasteiger partial charge in [0.25, 0.3) is 0 Å². The minimum Gasteiger partial charge on any atom is -0.383 e. The van der Waals surface area contributed by atoms with Gasteiger partial charge in [0, 0.05) is 18.9 Å². The molecule has 126 valence electrons. The lowest BCUT2D eigenvalue weighted by Gasteiger charge is -2.15. The summed E-state index contributed by atoms with van der Waals surface area (Å²) >= 11 is 5.99. The van der Waals surface area contributed by atoms with E-state index in [2.05, 4.69) is 20.4 Å². The third-order valence-corrected chi connectivity index (χ3v) is 3.32. The summed E-state index contributed by atoms with van der Waals surface area (Å²) in [6.07, 6.45) is 1.43. The van der Waals surface area contributed by atoms with Crippen LogP contribution in [0.3, 0.4) is 0 Å². The smallest absolute Gasteiger partial charge is 0.250 e. The van der Waals surface area contributed by atoms with Crippen molar-refractivity contribution in [2.75, 3.05) is 18.1 Å². The van der Waals surface area contributed by atoms with Crippen molar-refractivity contribution in [2.24, 2.45) is 22.5 Å². The number of hydrazine groups is 1. The van der Waals surface area contributed by atoms with Crippen LogP contribution in [0, 0.1) is 0 Å². The third-order valence-electron chi connectivity index (χ3n) is 3.01. The SMILES string of the molecule is CN(N)/C(=N\N)c1cnc(Nc2ccc(C(N)=O)c(Cl)c2)nc1N. The molecular formula is C13H16ClN9O. The zero-order valence-corrected chi connectivity index (χ0v) is 13.4. The monoisotopic (exact) mass is 349 g/mol. The first kappa shape index (κ1) is 17.2. The molecule has 0 saturated carbocycles. The summed E-state index contributed by atoms with van der Waals surface area (Å²) in [6.45, 7) is 0. The van der Waals surface area contributed by atoms with Gasteiger partial charge in [0.05, 0.1) is 16.1 Å². The van der Waals surface area contributed by atoms with Crippen molar-refractivity contribution in [2.45, 2.75) is 0 Å². The number of carbonyl (C=O) groups excluding carboxylic acids is 1. The number of primary amides is 1. The maximum absolute atomic E-state index is 11.2. The molecule has 1 aromatic heterocycles. The van der Waals surface area contributed by atoms with Crippen LogP contribution in [0.5, 0.6) is 0 Å². The fraction of sp³-hybridized carbons (Fsp3) is 0.0769. The van der Waals surface area contributed by atoms with Gasteiger partial charge in [-0.25, -0.2) is 10.8 Å². The minimum absolute atomic E-state index is 0.133. The maximum atomic E-state index is 11.2. The first-order valence-corrected chi connectivity index (χ1v) is 6.96. The molecule has 9 N–H and O–H groups in total. The van der Waals surface area contributed by atoms with E-state index in [0.29, 0.717) is 11.3 Å². The molecule has 0 aliphatic heterocycles. The van der Waals surface area contributed by atoms with Crippen LogP contribution in [0.1, 0.15) is 15.9 Å². The second kappa shape index (κ2) is 6.98. The number of hydrazone groups is 1. The Morgan fingerprint density at radius 3 is 2.58 bits per heavy atom. The normalized spacial score (nSPS) is 11.2. The molecule has 0 radical (unpaired) electrons. The van der Waals surface area contributed by atoms with Gasteiger partial charge in [-0.1, -0.05) is 11.6 Å². The number of aromatic nitrogens is 2. The van der Waals surface area contributed by atoms with Crippen LogP contribution in [-0.4, -0.2) is 33.8 Å².